The molecule has 0 spiro atoms. The van der Waals surface area contributed by atoms with Gasteiger partial charge in [-0.15, -0.1) is 0 Å². The topological polar surface area (TPSA) is 57.4 Å². The summed E-state index contributed by atoms with van der Waals surface area (Å²) in [4.78, 5) is 17.8. The van der Waals surface area contributed by atoms with Gasteiger partial charge >= 0.3 is 0 Å². The number of hydrogen-bond acceptors (Lipinski definition) is 2. The molecule has 0 amide bonds. The van der Waals surface area contributed by atoms with Gasteiger partial charge in [-0.2, -0.15) is 0 Å². The average molecular weight is 635 g/mol. The largest absolute Gasteiger partial charge is 0.354 e. The quantitative estimate of drug-likeness (QED) is 0.199. The molecule has 3 heterocycles. The van der Waals surface area contributed by atoms with Gasteiger partial charge in [0, 0.05) is 43.7 Å². The van der Waals surface area contributed by atoms with E-state index < -0.39 is 0 Å². The van der Waals surface area contributed by atoms with E-state index >= 15 is 0 Å². The Morgan fingerprint density at radius 1 is 0.396 bits per heavy atom. The molecule has 0 atom stereocenters. The van der Waals surface area contributed by atoms with E-state index in [0.717, 1.165) is 44.6 Å². The summed E-state index contributed by atoms with van der Waals surface area (Å²) in [6, 6.07) is 23.0. The molecule has 4 nitrogen and oxygen atoms in total. The third-order valence-electron chi connectivity index (χ3n) is 10.1. The van der Waals surface area contributed by atoms with Crippen molar-refractivity contribution in [3.8, 4) is 22.5 Å². The molecule has 4 aromatic carbocycles. The number of aromatic amines is 2. The van der Waals surface area contributed by atoms with Gasteiger partial charge in [0.2, 0.25) is 0 Å². The SMILES string of the molecule is CC(C)(C)c1ccc2[nH]c3c(-c4cnc(-c5cc(C(C)(C)C)cc6c5[nH]c5ccc(C(C)(C)C)cc56)cn4)cc(C(C)(C)C)cc3c2c1. The highest BCUT2D eigenvalue weighted by Gasteiger charge is 2.24. The molecule has 2 N–H and O–H groups in total. The van der Waals surface area contributed by atoms with Crippen LogP contribution in [0.25, 0.3) is 66.1 Å². The molecule has 0 radical (unpaired) electrons. The van der Waals surface area contributed by atoms with Gasteiger partial charge in [-0.1, -0.05) is 95.2 Å². The monoisotopic (exact) mass is 634 g/mol. The van der Waals surface area contributed by atoms with E-state index in [-0.39, 0.29) is 21.7 Å². The fraction of sp³-hybridized carbons (Fsp3) is 0.364. The van der Waals surface area contributed by atoms with Crippen LogP contribution >= 0.6 is 0 Å². The van der Waals surface area contributed by atoms with Crippen LogP contribution in [0.3, 0.4) is 0 Å². The first-order valence-corrected chi connectivity index (χ1v) is 17.3. The number of benzene rings is 4. The summed E-state index contributed by atoms with van der Waals surface area (Å²) in [6.45, 7) is 27.3. The number of hydrogen-bond donors (Lipinski definition) is 2. The zero-order valence-electron chi connectivity index (χ0n) is 30.8. The maximum atomic E-state index is 5.13. The van der Waals surface area contributed by atoms with Gasteiger partial charge in [0.05, 0.1) is 34.8 Å². The minimum Gasteiger partial charge on any atom is -0.354 e. The number of nitrogens with zero attached hydrogens (tertiary/aromatic N) is 2. The lowest BCUT2D eigenvalue weighted by atomic mass is 9.83. The molecule has 0 aliphatic rings. The van der Waals surface area contributed by atoms with Crippen LogP contribution in [0.1, 0.15) is 105 Å². The molecule has 0 saturated carbocycles. The minimum atomic E-state index is -0.0248. The molecule has 246 valence electrons. The minimum absolute atomic E-state index is 0.0248. The Balaban J connectivity index is 1.42. The highest BCUT2D eigenvalue weighted by molar-refractivity contribution is 6.13. The summed E-state index contributed by atoms with van der Waals surface area (Å²) >= 11 is 0. The third-order valence-corrected chi connectivity index (χ3v) is 10.1. The van der Waals surface area contributed by atoms with E-state index in [0.29, 0.717) is 0 Å². The molecular weight excluding hydrogens is 585 g/mol. The van der Waals surface area contributed by atoms with Gasteiger partial charge in [-0.05, 0) is 92.4 Å². The zero-order chi connectivity index (χ0) is 34.6. The molecule has 0 saturated heterocycles. The normalized spacial score (nSPS) is 13.4. The molecule has 3 aromatic heterocycles. The van der Waals surface area contributed by atoms with Gasteiger partial charge in [-0.3, -0.25) is 9.97 Å². The number of rotatable bonds is 2. The summed E-state index contributed by atoms with van der Waals surface area (Å²) in [5.74, 6) is 0. The second-order valence-electron chi connectivity index (χ2n) is 18.0. The van der Waals surface area contributed by atoms with Crippen molar-refractivity contribution < 1.29 is 0 Å². The first kappa shape index (κ1) is 32.1. The van der Waals surface area contributed by atoms with Crippen LogP contribution in [0.5, 0.6) is 0 Å². The second-order valence-corrected chi connectivity index (χ2v) is 18.0. The Kier molecular flexibility index (Phi) is 7.05. The van der Waals surface area contributed by atoms with Crippen LogP contribution in [0.2, 0.25) is 0 Å². The third kappa shape index (κ3) is 5.49. The lowest BCUT2D eigenvalue weighted by Crippen LogP contribution is -2.11. The Hall–Kier alpha value is -4.44. The highest BCUT2D eigenvalue weighted by atomic mass is 14.8. The van der Waals surface area contributed by atoms with Crippen molar-refractivity contribution >= 4 is 43.6 Å². The number of H-pyrrole nitrogens is 2. The van der Waals surface area contributed by atoms with Gasteiger partial charge in [0.1, 0.15) is 0 Å². The number of aromatic nitrogens is 4. The first-order chi connectivity index (χ1) is 22.3. The Labute approximate surface area is 285 Å². The smallest absolute Gasteiger partial charge is 0.0906 e. The summed E-state index contributed by atoms with van der Waals surface area (Å²) in [5.41, 5.74) is 13.7. The lowest BCUT2D eigenvalue weighted by Gasteiger charge is -2.21. The van der Waals surface area contributed by atoms with E-state index in [9.17, 15) is 0 Å². The molecular formula is C44H50N4. The standard InChI is InChI=1S/C44H50N4/c1-41(2,3)25-13-15-35-29(17-25)31-19-27(43(7,8)9)21-33(39(31)47-35)37-23-46-38(24-45-37)34-22-28(44(10,11)12)20-32-30-18-26(42(4,5)6)14-16-36(30)48-40(32)34/h13-24,47-48H,1-12H3. The predicted octanol–water partition coefficient (Wildman–Crippen LogP) is 12.3. The fourth-order valence-electron chi connectivity index (χ4n) is 6.81. The van der Waals surface area contributed by atoms with E-state index in [1.165, 1.54) is 43.8 Å². The van der Waals surface area contributed by atoms with Crippen LogP contribution in [0, 0.1) is 0 Å². The van der Waals surface area contributed by atoms with Crippen molar-refractivity contribution in [2.24, 2.45) is 0 Å². The lowest BCUT2D eigenvalue weighted by molar-refractivity contribution is 0.590. The first-order valence-electron chi connectivity index (χ1n) is 17.3. The summed E-state index contributed by atoms with van der Waals surface area (Å²) in [6.07, 6.45) is 3.91. The predicted molar refractivity (Wildman–Crippen MR) is 206 cm³/mol. The molecule has 0 aliphatic carbocycles. The molecule has 0 fully saturated rings. The van der Waals surface area contributed by atoms with Crippen molar-refractivity contribution in [2.75, 3.05) is 0 Å². The average Bonchev–Trinajstić information content (AvgIpc) is 3.56. The van der Waals surface area contributed by atoms with E-state index in [2.05, 4.69) is 154 Å². The number of nitrogens with one attached hydrogen (secondary N) is 2. The van der Waals surface area contributed by atoms with Crippen molar-refractivity contribution in [1.82, 2.24) is 19.9 Å². The highest BCUT2D eigenvalue weighted by Crippen LogP contribution is 2.41. The Bertz CT molecular complexity index is 2180. The van der Waals surface area contributed by atoms with Crippen LogP contribution in [-0.4, -0.2) is 19.9 Å². The molecule has 48 heavy (non-hydrogen) atoms. The van der Waals surface area contributed by atoms with Gasteiger partial charge in [0.15, 0.2) is 0 Å². The zero-order valence-corrected chi connectivity index (χ0v) is 30.8. The Morgan fingerprint density at radius 3 is 1.04 bits per heavy atom. The molecule has 7 aromatic rings. The number of fused-ring (bicyclic) bond motifs is 6. The molecule has 0 bridgehead atoms. The second kappa shape index (κ2) is 10.5. The van der Waals surface area contributed by atoms with Gasteiger partial charge in [-0.25, -0.2) is 0 Å². The van der Waals surface area contributed by atoms with Crippen molar-refractivity contribution in [1.29, 1.82) is 0 Å². The van der Waals surface area contributed by atoms with E-state index in [1.807, 2.05) is 12.4 Å². The van der Waals surface area contributed by atoms with Crippen LogP contribution < -0.4 is 0 Å². The van der Waals surface area contributed by atoms with Crippen molar-refractivity contribution in [2.45, 2.75) is 105 Å². The van der Waals surface area contributed by atoms with Crippen molar-refractivity contribution in [3.63, 3.8) is 0 Å². The molecule has 0 unspecified atom stereocenters. The van der Waals surface area contributed by atoms with Gasteiger partial charge in [0.25, 0.3) is 0 Å². The maximum Gasteiger partial charge on any atom is 0.0906 e. The molecule has 4 heteroatoms. The van der Waals surface area contributed by atoms with Crippen LogP contribution in [0.4, 0.5) is 0 Å². The Morgan fingerprint density at radius 2 is 0.729 bits per heavy atom. The van der Waals surface area contributed by atoms with E-state index in [4.69, 9.17) is 9.97 Å². The summed E-state index contributed by atoms with van der Waals surface area (Å²) < 4.78 is 0. The van der Waals surface area contributed by atoms with Crippen LogP contribution in [-0.2, 0) is 21.7 Å². The summed E-state index contributed by atoms with van der Waals surface area (Å²) in [5, 5.41) is 4.97. The maximum absolute atomic E-state index is 5.13. The summed E-state index contributed by atoms with van der Waals surface area (Å²) in [7, 11) is 0. The fourth-order valence-corrected chi connectivity index (χ4v) is 6.81. The molecule has 0 aliphatic heterocycles. The van der Waals surface area contributed by atoms with Crippen molar-refractivity contribution in [3.05, 3.63) is 95.3 Å². The van der Waals surface area contributed by atoms with Gasteiger partial charge < -0.3 is 9.97 Å². The van der Waals surface area contributed by atoms with E-state index in [1.54, 1.807) is 0 Å². The molecule has 7 rings (SSSR count). The van der Waals surface area contributed by atoms with Crippen LogP contribution in [0.15, 0.2) is 73.1 Å².